The number of nitrogens with one attached hydrogen (secondary N) is 1. The Balaban J connectivity index is 1.87. The molecule has 0 spiro atoms. The van der Waals surface area contributed by atoms with E-state index in [1.165, 1.54) is 4.88 Å². The van der Waals surface area contributed by atoms with Gasteiger partial charge in [-0.2, -0.15) is 5.10 Å². The Morgan fingerprint density at radius 1 is 1.35 bits per heavy atom. The van der Waals surface area contributed by atoms with Crippen molar-refractivity contribution in [2.24, 2.45) is 5.10 Å². The molecule has 4 nitrogen and oxygen atoms in total. The van der Waals surface area contributed by atoms with Gasteiger partial charge in [-0.3, -0.25) is 5.43 Å². The number of thiophene rings is 2. The molecule has 0 unspecified atom stereocenters. The molecule has 0 radical (unpaired) electrons. The first-order valence-corrected chi connectivity index (χ1v) is 8.00. The summed E-state index contributed by atoms with van der Waals surface area (Å²) in [5.41, 5.74) is 3.01. The molecule has 0 aliphatic heterocycles. The Morgan fingerprint density at radius 2 is 2.25 bits per heavy atom. The van der Waals surface area contributed by atoms with E-state index in [1.54, 1.807) is 35.2 Å². The Labute approximate surface area is 125 Å². The maximum atomic E-state index is 4.32. The van der Waals surface area contributed by atoms with Crippen LogP contribution >= 0.6 is 22.7 Å². The molecule has 0 amide bonds. The quantitative estimate of drug-likeness (QED) is 0.576. The molecule has 0 saturated carbocycles. The van der Waals surface area contributed by atoms with Crippen LogP contribution in [0.5, 0.6) is 0 Å². The van der Waals surface area contributed by atoms with Crippen LogP contribution in [0.15, 0.2) is 35.0 Å². The third kappa shape index (κ3) is 2.71. The second-order valence-corrected chi connectivity index (χ2v) is 6.67. The molecular formula is C14H14N4S2. The third-order valence-corrected chi connectivity index (χ3v) is 4.97. The second kappa shape index (κ2) is 5.68. The lowest BCUT2D eigenvalue weighted by Gasteiger charge is -1.99. The summed E-state index contributed by atoms with van der Waals surface area (Å²) in [6.07, 6.45) is 3.38. The minimum Gasteiger partial charge on any atom is -0.261 e. The fourth-order valence-electron chi connectivity index (χ4n) is 1.77. The molecule has 3 aromatic heterocycles. The molecule has 0 aromatic carbocycles. The van der Waals surface area contributed by atoms with Crippen LogP contribution in [0.4, 0.5) is 5.82 Å². The van der Waals surface area contributed by atoms with Gasteiger partial charge >= 0.3 is 0 Å². The number of hydrogen-bond acceptors (Lipinski definition) is 6. The van der Waals surface area contributed by atoms with Crippen LogP contribution < -0.4 is 5.43 Å². The van der Waals surface area contributed by atoms with E-state index >= 15 is 0 Å². The first kappa shape index (κ1) is 13.2. The number of nitrogens with zero attached hydrogens (tertiary/aromatic N) is 3. The van der Waals surface area contributed by atoms with Crippen molar-refractivity contribution < 1.29 is 0 Å². The highest BCUT2D eigenvalue weighted by atomic mass is 32.1. The van der Waals surface area contributed by atoms with E-state index in [0.717, 1.165) is 20.9 Å². The zero-order valence-corrected chi connectivity index (χ0v) is 12.8. The number of anilines is 1. The number of rotatable bonds is 4. The van der Waals surface area contributed by atoms with Crippen LogP contribution in [0.25, 0.3) is 10.2 Å². The van der Waals surface area contributed by atoms with E-state index in [0.29, 0.717) is 5.92 Å². The zero-order valence-electron chi connectivity index (χ0n) is 11.2. The Hall–Kier alpha value is -1.79. The standard InChI is InChI=1S/C14H14N4S2/c1-9(2)12-6-11-13(15-8-16-14(11)20-12)18-17-7-10-4-3-5-19-10/h3-9H,1-2H3,(H,15,16,18). The van der Waals surface area contributed by atoms with E-state index in [9.17, 15) is 0 Å². The molecule has 3 rings (SSSR count). The largest absolute Gasteiger partial charge is 0.261 e. The van der Waals surface area contributed by atoms with Crippen molar-refractivity contribution in [3.63, 3.8) is 0 Å². The lowest BCUT2D eigenvalue weighted by Crippen LogP contribution is -1.93. The van der Waals surface area contributed by atoms with Crippen LogP contribution in [0, 0.1) is 0 Å². The number of hydrogen-bond donors (Lipinski definition) is 1. The lowest BCUT2D eigenvalue weighted by atomic mass is 10.2. The fourth-order valence-corrected chi connectivity index (χ4v) is 3.36. The summed E-state index contributed by atoms with van der Waals surface area (Å²) >= 11 is 3.36. The summed E-state index contributed by atoms with van der Waals surface area (Å²) in [6.45, 7) is 4.36. The van der Waals surface area contributed by atoms with Crippen molar-refractivity contribution >= 4 is 44.9 Å². The summed E-state index contributed by atoms with van der Waals surface area (Å²) in [4.78, 5) is 12.0. The van der Waals surface area contributed by atoms with E-state index in [-0.39, 0.29) is 0 Å². The first-order valence-electron chi connectivity index (χ1n) is 6.31. The Kier molecular flexibility index (Phi) is 3.75. The third-order valence-electron chi connectivity index (χ3n) is 2.82. The molecule has 1 N–H and O–H groups in total. The molecular weight excluding hydrogens is 288 g/mol. The van der Waals surface area contributed by atoms with Crippen molar-refractivity contribution in [3.05, 3.63) is 39.7 Å². The van der Waals surface area contributed by atoms with Crippen LogP contribution in [0.1, 0.15) is 29.5 Å². The zero-order chi connectivity index (χ0) is 13.9. The summed E-state index contributed by atoms with van der Waals surface area (Å²) in [7, 11) is 0. The summed E-state index contributed by atoms with van der Waals surface area (Å²) in [5.74, 6) is 1.25. The number of fused-ring (bicyclic) bond motifs is 1. The molecule has 0 aliphatic carbocycles. The van der Waals surface area contributed by atoms with Crippen LogP contribution in [0.3, 0.4) is 0 Å². The van der Waals surface area contributed by atoms with Crippen molar-refractivity contribution in [1.29, 1.82) is 0 Å². The van der Waals surface area contributed by atoms with Crippen LogP contribution in [-0.2, 0) is 0 Å². The minimum absolute atomic E-state index is 0.497. The second-order valence-electron chi connectivity index (χ2n) is 4.63. The van der Waals surface area contributed by atoms with Crippen molar-refractivity contribution in [2.75, 3.05) is 5.43 Å². The van der Waals surface area contributed by atoms with Gasteiger partial charge in [0.05, 0.1) is 11.6 Å². The molecule has 0 saturated heterocycles. The van der Waals surface area contributed by atoms with Gasteiger partial charge in [0.15, 0.2) is 5.82 Å². The molecule has 0 aliphatic rings. The predicted molar refractivity (Wildman–Crippen MR) is 87.0 cm³/mol. The molecule has 3 aromatic rings. The van der Waals surface area contributed by atoms with Crippen molar-refractivity contribution in [2.45, 2.75) is 19.8 Å². The molecule has 3 heterocycles. The van der Waals surface area contributed by atoms with Crippen molar-refractivity contribution in [1.82, 2.24) is 9.97 Å². The molecule has 20 heavy (non-hydrogen) atoms. The van der Waals surface area contributed by atoms with Crippen molar-refractivity contribution in [3.8, 4) is 0 Å². The summed E-state index contributed by atoms with van der Waals surface area (Å²) in [6, 6.07) is 6.17. The summed E-state index contributed by atoms with van der Waals surface area (Å²) < 4.78 is 0. The topological polar surface area (TPSA) is 50.2 Å². The predicted octanol–water partition coefficient (Wildman–Crippen LogP) is 4.32. The van der Waals surface area contributed by atoms with E-state index in [2.05, 4.69) is 40.4 Å². The molecule has 0 fully saturated rings. The summed E-state index contributed by atoms with van der Waals surface area (Å²) in [5, 5.41) is 7.30. The Bertz CT molecular complexity index is 729. The Morgan fingerprint density at radius 3 is 3.00 bits per heavy atom. The van der Waals surface area contributed by atoms with Crippen LogP contribution in [0.2, 0.25) is 0 Å². The number of aromatic nitrogens is 2. The van der Waals surface area contributed by atoms with Gasteiger partial charge in [0.2, 0.25) is 0 Å². The highest BCUT2D eigenvalue weighted by molar-refractivity contribution is 7.18. The maximum absolute atomic E-state index is 4.32. The SMILES string of the molecule is CC(C)c1cc2c(NN=Cc3cccs3)ncnc2s1. The van der Waals surface area contributed by atoms with Crippen LogP contribution in [-0.4, -0.2) is 16.2 Å². The van der Waals surface area contributed by atoms with Gasteiger partial charge in [-0.25, -0.2) is 9.97 Å². The van der Waals surface area contributed by atoms with Gasteiger partial charge < -0.3 is 0 Å². The normalized spacial score (nSPS) is 11.8. The van der Waals surface area contributed by atoms with Gasteiger partial charge in [-0.05, 0) is 23.4 Å². The fraction of sp³-hybridized carbons (Fsp3) is 0.214. The maximum Gasteiger partial charge on any atom is 0.158 e. The van der Waals surface area contributed by atoms with E-state index in [4.69, 9.17) is 0 Å². The van der Waals surface area contributed by atoms with Gasteiger partial charge in [0.25, 0.3) is 0 Å². The molecule has 0 atom stereocenters. The average Bonchev–Trinajstić information content (AvgIpc) is 3.07. The lowest BCUT2D eigenvalue weighted by molar-refractivity contribution is 0.890. The highest BCUT2D eigenvalue weighted by Gasteiger charge is 2.10. The van der Waals surface area contributed by atoms with E-state index < -0.39 is 0 Å². The van der Waals surface area contributed by atoms with E-state index in [1.807, 2.05) is 17.5 Å². The molecule has 102 valence electrons. The molecule has 0 bridgehead atoms. The first-order chi connectivity index (χ1) is 9.74. The monoisotopic (exact) mass is 302 g/mol. The van der Waals surface area contributed by atoms with Gasteiger partial charge in [-0.1, -0.05) is 19.9 Å². The molecule has 6 heteroatoms. The number of hydrazone groups is 1. The highest BCUT2D eigenvalue weighted by Crippen LogP contribution is 2.32. The van der Waals surface area contributed by atoms with Gasteiger partial charge in [-0.15, -0.1) is 22.7 Å². The average molecular weight is 302 g/mol. The van der Waals surface area contributed by atoms with Gasteiger partial charge in [0.1, 0.15) is 11.2 Å². The smallest absolute Gasteiger partial charge is 0.158 e. The minimum atomic E-state index is 0.497. The van der Waals surface area contributed by atoms with Gasteiger partial charge in [0, 0.05) is 9.75 Å².